The van der Waals surface area contributed by atoms with Gasteiger partial charge in [0.15, 0.2) is 5.69 Å². The van der Waals surface area contributed by atoms with Crippen molar-refractivity contribution >= 4 is 17.5 Å². The predicted octanol–water partition coefficient (Wildman–Crippen LogP) is 3.76. The number of primary amides is 1. The van der Waals surface area contributed by atoms with Crippen LogP contribution in [0.2, 0.25) is 0 Å². The quantitative estimate of drug-likeness (QED) is 0.551. The number of nitrogens with zero attached hydrogens (tertiary/aromatic N) is 2. The summed E-state index contributed by atoms with van der Waals surface area (Å²) >= 11 is 0. The summed E-state index contributed by atoms with van der Waals surface area (Å²) < 4.78 is 1.55. The molecule has 2 aromatic carbocycles. The molecule has 0 spiro atoms. The van der Waals surface area contributed by atoms with Gasteiger partial charge in [-0.3, -0.25) is 9.59 Å². The lowest BCUT2D eigenvalue weighted by atomic mass is 10.0. The van der Waals surface area contributed by atoms with Gasteiger partial charge in [0.25, 0.3) is 11.8 Å². The number of anilines is 1. The Labute approximate surface area is 187 Å². The second kappa shape index (κ2) is 8.86. The molecule has 3 aromatic rings. The van der Waals surface area contributed by atoms with E-state index in [9.17, 15) is 9.59 Å². The Hall–Kier alpha value is -3.61. The number of benzene rings is 2. The van der Waals surface area contributed by atoms with E-state index in [1.165, 1.54) is 0 Å². The highest BCUT2D eigenvalue weighted by molar-refractivity contribution is 5.97. The minimum atomic E-state index is -0.593. The van der Waals surface area contributed by atoms with Crippen LogP contribution < -0.4 is 16.8 Å². The van der Waals surface area contributed by atoms with Crippen LogP contribution in [0.3, 0.4) is 0 Å². The van der Waals surface area contributed by atoms with Gasteiger partial charge in [0, 0.05) is 18.0 Å². The zero-order valence-electron chi connectivity index (χ0n) is 18.5. The van der Waals surface area contributed by atoms with Crippen LogP contribution in [-0.4, -0.2) is 21.6 Å². The maximum absolute atomic E-state index is 12.6. The van der Waals surface area contributed by atoms with Crippen molar-refractivity contribution in [3.63, 3.8) is 0 Å². The second-order valence-corrected chi connectivity index (χ2v) is 8.57. The summed E-state index contributed by atoms with van der Waals surface area (Å²) in [5.74, 6) is -0.426. The van der Waals surface area contributed by atoms with Crippen molar-refractivity contribution in [3.8, 4) is 5.69 Å². The molecule has 7 nitrogen and oxygen atoms in total. The fourth-order valence-corrected chi connectivity index (χ4v) is 4.38. The Bertz CT molecular complexity index is 1160. The molecule has 5 N–H and O–H groups in total. The first-order valence-electron chi connectivity index (χ1n) is 11.0. The van der Waals surface area contributed by atoms with E-state index >= 15 is 0 Å². The molecule has 1 aliphatic rings. The summed E-state index contributed by atoms with van der Waals surface area (Å²) in [5, 5.41) is 7.63. The summed E-state index contributed by atoms with van der Waals surface area (Å²) in [7, 11) is 0. The zero-order valence-corrected chi connectivity index (χ0v) is 18.5. The minimum Gasteiger partial charge on any atom is -0.395 e. The summed E-state index contributed by atoms with van der Waals surface area (Å²) in [4.78, 5) is 24.7. The zero-order chi connectivity index (χ0) is 22.8. The average molecular weight is 432 g/mol. The predicted molar refractivity (Wildman–Crippen MR) is 125 cm³/mol. The van der Waals surface area contributed by atoms with E-state index in [0.29, 0.717) is 23.5 Å². The largest absolute Gasteiger partial charge is 0.395 e. The Kier molecular flexibility index (Phi) is 5.99. The highest BCUT2D eigenvalue weighted by Gasteiger charge is 2.28. The molecule has 1 aliphatic carbocycles. The van der Waals surface area contributed by atoms with E-state index in [0.717, 1.165) is 48.1 Å². The third-order valence-corrected chi connectivity index (χ3v) is 6.20. The SMILES string of the molecule is Cc1ccc(C)c(C(=O)NCc2ccc(-n3nc(C4CCCC4)c(N)c3C(N)=O)cc2)c1. The number of nitrogens with one attached hydrogen (secondary N) is 1. The second-order valence-electron chi connectivity index (χ2n) is 8.57. The first-order chi connectivity index (χ1) is 15.3. The first kappa shape index (κ1) is 21.6. The fraction of sp³-hybridized carbons (Fsp3) is 0.320. The number of rotatable bonds is 6. The van der Waals surface area contributed by atoms with Gasteiger partial charge in [0.2, 0.25) is 0 Å². The Morgan fingerprint density at radius 1 is 1.09 bits per heavy atom. The van der Waals surface area contributed by atoms with Gasteiger partial charge in [-0.15, -0.1) is 0 Å². The van der Waals surface area contributed by atoms with Crippen LogP contribution in [0.25, 0.3) is 5.69 Å². The van der Waals surface area contributed by atoms with Gasteiger partial charge in [-0.25, -0.2) is 4.68 Å². The normalized spacial score (nSPS) is 13.9. The summed E-state index contributed by atoms with van der Waals surface area (Å²) in [6.07, 6.45) is 4.34. The topological polar surface area (TPSA) is 116 Å². The number of amides is 2. The van der Waals surface area contributed by atoms with Crippen LogP contribution in [0.5, 0.6) is 0 Å². The molecule has 1 aromatic heterocycles. The summed E-state index contributed by atoms with van der Waals surface area (Å²) in [5.41, 5.74) is 17.6. The number of nitrogen functional groups attached to an aromatic ring is 1. The molecular formula is C25H29N5O2. The molecule has 1 saturated carbocycles. The smallest absolute Gasteiger partial charge is 0.269 e. The molecule has 2 amide bonds. The Morgan fingerprint density at radius 3 is 2.44 bits per heavy atom. The van der Waals surface area contributed by atoms with Gasteiger partial charge in [0.05, 0.1) is 17.1 Å². The third-order valence-electron chi connectivity index (χ3n) is 6.20. The lowest BCUT2D eigenvalue weighted by molar-refractivity contribution is 0.0948. The molecule has 166 valence electrons. The molecule has 0 bridgehead atoms. The van der Waals surface area contributed by atoms with Crippen LogP contribution in [0.15, 0.2) is 42.5 Å². The van der Waals surface area contributed by atoms with Crippen molar-refractivity contribution in [2.45, 2.75) is 52.0 Å². The summed E-state index contributed by atoms with van der Waals surface area (Å²) in [6.45, 7) is 4.29. The number of nitrogens with two attached hydrogens (primary N) is 2. The number of aryl methyl sites for hydroxylation is 2. The van der Waals surface area contributed by atoms with Gasteiger partial charge >= 0.3 is 0 Å². The average Bonchev–Trinajstić information content (AvgIpc) is 3.42. The highest BCUT2D eigenvalue weighted by Crippen LogP contribution is 2.37. The molecule has 0 unspecified atom stereocenters. The van der Waals surface area contributed by atoms with Crippen molar-refractivity contribution in [1.29, 1.82) is 0 Å². The van der Waals surface area contributed by atoms with Crippen LogP contribution in [0, 0.1) is 13.8 Å². The van der Waals surface area contributed by atoms with Gasteiger partial charge in [-0.05, 0) is 56.0 Å². The fourth-order valence-electron chi connectivity index (χ4n) is 4.38. The molecule has 0 aliphatic heterocycles. The number of carbonyl (C=O) groups excluding carboxylic acids is 2. The number of hydrogen-bond acceptors (Lipinski definition) is 4. The summed E-state index contributed by atoms with van der Waals surface area (Å²) in [6, 6.07) is 13.3. The van der Waals surface area contributed by atoms with Crippen molar-refractivity contribution in [3.05, 3.63) is 76.1 Å². The van der Waals surface area contributed by atoms with Gasteiger partial charge in [0.1, 0.15) is 0 Å². The van der Waals surface area contributed by atoms with Crippen LogP contribution in [0.1, 0.15) is 74.8 Å². The van der Waals surface area contributed by atoms with E-state index in [1.54, 1.807) is 4.68 Å². The Morgan fingerprint density at radius 2 is 1.78 bits per heavy atom. The van der Waals surface area contributed by atoms with Crippen LogP contribution in [-0.2, 0) is 6.54 Å². The third kappa shape index (κ3) is 4.23. The molecule has 7 heteroatoms. The number of aromatic nitrogens is 2. The van der Waals surface area contributed by atoms with E-state index < -0.39 is 5.91 Å². The molecule has 0 radical (unpaired) electrons. The van der Waals surface area contributed by atoms with Crippen molar-refractivity contribution in [1.82, 2.24) is 15.1 Å². The monoisotopic (exact) mass is 431 g/mol. The maximum Gasteiger partial charge on any atom is 0.269 e. The van der Waals surface area contributed by atoms with Crippen molar-refractivity contribution in [2.24, 2.45) is 5.73 Å². The van der Waals surface area contributed by atoms with Gasteiger partial charge in [-0.2, -0.15) is 5.10 Å². The molecule has 32 heavy (non-hydrogen) atoms. The highest BCUT2D eigenvalue weighted by atomic mass is 16.2. The van der Waals surface area contributed by atoms with Crippen LogP contribution >= 0.6 is 0 Å². The molecule has 1 heterocycles. The lowest BCUT2D eigenvalue weighted by Crippen LogP contribution is -2.23. The number of hydrogen-bond donors (Lipinski definition) is 3. The van der Waals surface area contributed by atoms with Crippen molar-refractivity contribution < 1.29 is 9.59 Å². The molecule has 1 fully saturated rings. The van der Waals surface area contributed by atoms with Gasteiger partial charge < -0.3 is 16.8 Å². The lowest BCUT2D eigenvalue weighted by Gasteiger charge is -2.10. The van der Waals surface area contributed by atoms with E-state index in [1.807, 2.05) is 56.3 Å². The van der Waals surface area contributed by atoms with E-state index in [-0.39, 0.29) is 17.5 Å². The maximum atomic E-state index is 12.6. The number of carbonyl (C=O) groups is 2. The molecule has 4 rings (SSSR count). The van der Waals surface area contributed by atoms with Gasteiger partial charge in [-0.1, -0.05) is 42.7 Å². The molecular weight excluding hydrogens is 402 g/mol. The van der Waals surface area contributed by atoms with Crippen LogP contribution in [0.4, 0.5) is 5.69 Å². The standard InChI is InChI=1S/C25H29N5O2/c1-15-7-8-16(2)20(13-15)25(32)28-14-17-9-11-19(12-10-17)30-23(24(27)31)21(26)22(29-30)18-5-3-4-6-18/h7-13,18H,3-6,14,26H2,1-2H3,(H2,27,31)(H,28,32). The first-order valence-corrected chi connectivity index (χ1v) is 11.0. The Balaban J connectivity index is 1.52. The van der Waals surface area contributed by atoms with E-state index in [4.69, 9.17) is 11.5 Å². The minimum absolute atomic E-state index is 0.104. The van der Waals surface area contributed by atoms with E-state index in [2.05, 4.69) is 10.4 Å². The van der Waals surface area contributed by atoms with Crippen molar-refractivity contribution in [2.75, 3.05) is 5.73 Å². The molecule has 0 atom stereocenters. The molecule has 0 saturated heterocycles.